The molecule has 0 aliphatic heterocycles. The Bertz CT molecular complexity index is 409. The van der Waals surface area contributed by atoms with Crippen LogP contribution in [0.15, 0.2) is 18.2 Å². The van der Waals surface area contributed by atoms with E-state index in [0.29, 0.717) is 12.5 Å². The molecule has 1 atom stereocenters. The molecule has 0 amide bonds. The fraction of sp³-hybridized carbons (Fsp3) is 0.600. The molecule has 1 fully saturated rings. The molecule has 94 valence electrons. The van der Waals surface area contributed by atoms with Gasteiger partial charge < -0.3 is 10.0 Å². The first kappa shape index (κ1) is 12.6. The zero-order valence-corrected chi connectivity index (χ0v) is 11.3. The number of aryl methyl sites for hydroxylation is 2. The first-order chi connectivity index (χ1) is 7.93. The van der Waals surface area contributed by atoms with Crippen molar-refractivity contribution in [3.63, 3.8) is 0 Å². The molecule has 0 spiro atoms. The van der Waals surface area contributed by atoms with Crippen molar-refractivity contribution in [2.45, 2.75) is 32.3 Å². The highest BCUT2D eigenvalue weighted by Crippen LogP contribution is 2.46. The van der Waals surface area contributed by atoms with Crippen molar-refractivity contribution < 1.29 is 5.11 Å². The average Bonchev–Trinajstić information content (AvgIpc) is 3.04. The fourth-order valence-electron chi connectivity index (χ4n) is 2.51. The molecular formula is C15H23NO. The molecule has 17 heavy (non-hydrogen) atoms. The number of likely N-dealkylation sites (N-methyl/N-ethyl adjacent to an activating group) is 1. The van der Waals surface area contributed by atoms with Crippen molar-refractivity contribution in [3.8, 4) is 0 Å². The van der Waals surface area contributed by atoms with Crippen molar-refractivity contribution in [2.75, 3.05) is 20.6 Å². The molecule has 1 saturated carbocycles. The van der Waals surface area contributed by atoms with E-state index >= 15 is 0 Å². The Hall–Kier alpha value is -0.860. The molecule has 2 heteroatoms. The van der Waals surface area contributed by atoms with Gasteiger partial charge in [0.15, 0.2) is 0 Å². The van der Waals surface area contributed by atoms with Gasteiger partial charge in [0.2, 0.25) is 0 Å². The summed E-state index contributed by atoms with van der Waals surface area (Å²) in [5, 5.41) is 11.0. The summed E-state index contributed by atoms with van der Waals surface area (Å²) in [5.74, 6) is 0.437. The summed E-state index contributed by atoms with van der Waals surface area (Å²) in [4.78, 5) is 2.08. The number of hydrogen-bond donors (Lipinski definition) is 1. The molecule has 0 bridgehead atoms. The highest BCUT2D eigenvalue weighted by molar-refractivity contribution is 5.34. The predicted octanol–water partition coefficient (Wildman–Crippen LogP) is 2.46. The van der Waals surface area contributed by atoms with Gasteiger partial charge >= 0.3 is 0 Å². The van der Waals surface area contributed by atoms with Gasteiger partial charge in [-0.3, -0.25) is 0 Å². The first-order valence-corrected chi connectivity index (χ1v) is 6.38. The predicted molar refractivity (Wildman–Crippen MR) is 71.1 cm³/mol. The lowest BCUT2D eigenvalue weighted by Gasteiger charge is -2.32. The molecule has 1 aromatic rings. The molecule has 1 aromatic carbocycles. The third-order valence-corrected chi connectivity index (χ3v) is 3.82. The Morgan fingerprint density at radius 2 is 1.88 bits per heavy atom. The molecule has 1 unspecified atom stereocenters. The van der Waals surface area contributed by atoms with E-state index in [0.717, 1.165) is 18.4 Å². The quantitative estimate of drug-likeness (QED) is 0.863. The van der Waals surface area contributed by atoms with Gasteiger partial charge in [0.05, 0.1) is 0 Å². The standard InChI is InChI=1S/C15H23NO/c1-11-5-6-14(9-12(11)2)15(17,10-16(3)4)13-7-8-13/h5-6,9,13,17H,7-8,10H2,1-4H3. The summed E-state index contributed by atoms with van der Waals surface area (Å²) < 4.78 is 0. The fourth-order valence-corrected chi connectivity index (χ4v) is 2.51. The van der Waals surface area contributed by atoms with Gasteiger partial charge in [0.25, 0.3) is 0 Å². The molecule has 0 aromatic heterocycles. The van der Waals surface area contributed by atoms with Crippen LogP contribution in [0, 0.1) is 19.8 Å². The van der Waals surface area contributed by atoms with Crippen LogP contribution >= 0.6 is 0 Å². The lowest BCUT2D eigenvalue weighted by Crippen LogP contribution is -2.39. The minimum atomic E-state index is -0.665. The number of rotatable bonds is 4. The first-order valence-electron chi connectivity index (χ1n) is 6.38. The summed E-state index contributed by atoms with van der Waals surface area (Å²) in [6, 6.07) is 6.36. The average molecular weight is 233 g/mol. The topological polar surface area (TPSA) is 23.5 Å². The largest absolute Gasteiger partial charge is 0.384 e. The van der Waals surface area contributed by atoms with Crippen LogP contribution < -0.4 is 0 Å². The third kappa shape index (κ3) is 2.53. The summed E-state index contributed by atoms with van der Waals surface area (Å²) in [6.45, 7) is 4.93. The second-order valence-corrected chi connectivity index (χ2v) is 5.74. The maximum atomic E-state index is 11.0. The van der Waals surface area contributed by atoms with Crippen LogP contribution in [0.2, 0.25) is 0 Å². The van der Waals surface area contributed by atoms with E-state index in [4.69, 9.17) is 0 Å². The van der Waals surface area contributed by atoms with E-state index in [9.17, 15) is 5.11 Å². The van der Waals surface area contributed by atoms with E-state index in [1.54, 1.807) is 0 Å². The van der Waals surface area contributed by atoms with Gasteiger partial charge in [0.1, 0.15) is 5.60 Å². The van der Waals surface area contributed by atoms with Crippen LogP contribution in [0.1, 0.15) is 29.5 Å². The molecule has 1 N–H and O–H groups in total. The van der Waals surface area contributed by atoms with E-state index in [-0.39, 0.29) is 0 Å². The van der Waals surface area contributed by atoms with Gasteiger partial charge in [-0.2, -0.15) is 0 Å². The summed E-state index contributed by atoms with van der Waals surface area (Å²) >= 11 is 0. The normalized spacial score (nSPS) is 19.4. The number of hydrogen-bond acceptors (Lipinski definition) is 2. The van der Waals surface area contributed by atoms with Crippen molar-refractivity contribution in [2.24, 2.45) is 5.92 Å². The van der Waals surface area contributed by atoms with Crippen LogP contribution in [0.3, 0.4) is 0 Å². The Morgan fingerprint density at radius 3 is 2.35 bits per heavy atom. The van der Waals surface area contributed by atoms with E-state index < -0.39 is 5.60 Å². The lowest BCUT2D eigenvalue weighted by atomic mass is 9.86. The zero-order valence-electron chi connectivity index (χ0n) is 11.3. The van der Waals surface area contributed by atoms with Crippen LogP contribution in [0.25, 0.3) is 0 Å². The van der Waals surface area contributed by atoms with Gasteiger partial charge in [-0.25, -0.2) is 0 Å². The minimum absolute atomic E-state index is 0.437. The van der Waals surface area contributed by atoms with Gasteiger partial charge in [-0.1, -0.05) is 18.2 Å². The smallest absolute Gasteiger partial charge is 0.105 e. The summed E-state index contributed by atoms with van der Waals surface area (Å²) in [7, 11) is 4.04. The maximum Gasteiger partial charge on any atom is 0.105 e. The SMILES string of the molecule is Cc1ccc(C(O)(CN(C)C)C2CC2)cc1C. The lowest BCUT2D eigenvalue weighted by molar-refractivity contribution is -0.0100. The number of aliphatic hydroxyl groups is 1. The Labute approximate surface area is 104 Å². The zero-order chi connectivity index (χ0) is 12.6. The monoisotopic (exact) mass is 233 g/mol. The van der Waals surface area contributed by atoms with Crippen molar-refractivity contribution >= 4 is 0 Å². The van der Waals surface area contributed by atoms with E-state index in [2.05, 4.69) is 36.9 Å². The molecule has 2 nitrogen and oxygen atoms in total. The van der Waals surface area contributed by atoms with E-state index in [1.165, 1.54) is 11.1 Å². The number of benzene rings is 1. The molecule has 0 heterocycles. The summed E-state index contributed by atoms with van der Waals surface area (Å²) in [5.41, 5.74) is 2.97. The molecule has 0 radical (unpaired) electrons. The Morgan fingerprint density at radius 1 is 1.24 bits per heavy atom. The molecule has 1 aliphatic carbocycles. The Kier molecular flexibility index (Phi) is 3.28. The minimum Gasteiger partial charge on any atom is -0.384 e. The van der Waals surface area contributed by atoms with Gasteiger partial charge in [-0.05, 0) is 63.4 Å². The van der Waals surface area contributed by atoms with Crippen LogP contribution in [0.4, 0.5) is 0 Å². The summed E-state index contributed by atoms with van der Waals surface area (Å²) in [6.07, 6.45) is 2.30. The second-order valence-electron chi connectivity index (χ2n) is 5.74. The van der Waals surface area contributed by atoms with E-state index in [1.807, 2.05) is 14.1 Å². The van der Waals surface area contributed by atoms with Crippen molar-refractivity contribution in [3.05, 3.63) is 34.9 Å². The Balaban J connectivity index is 2.34. The maximum absolute atomic E-state index is 11.0. The number of nitrogens with zero attached hydrogens (tertiary/aromatic N) is 1. The van der Waals surface area contributed by atoms with Crippen molar-refractivity contribution in [1.29, 1.82) is 0 Å². The van der Waals surface area contributed by atoms with Gasteiger partial charge in [-0.15, -0.1) is 0 Å². The second kappa shape index (κ2) is 4.43. The van der Waals surface area contributed by atoms with Crippen LogP contribution in [-0.4, -0.2) is 30.6 Å². The van der Waals surface area contributed by atoms with Gasteiger partial charge in [0, 0.05) is 6.54 Å². The van der Waals surface area contributed by atoms with Crippen molar-refractivity contribution in [1.82, 2.24) is 4.90 Å². The van der Waals surface area contributed by atoms with Crippen LogP contribution in [-0.2, 0) is 5.60 Å². The highest BCUT2D eigenvalue weighted by atomic mass is 16.3. The molecule has 1 aliphatic rings. The highest BCUT2D eigenvalue weighted by Gasteiger charge is 2.45. The van der Waals surface area contributed by atoms with Crippen LogP contribution in [0.5, 0.6) is 0 Å². The third-order valence-electron chi connectivity index (χ3n) is 3.82. The molecular weight excluding hydrogens is 210 g/mol. The molecule has 2 rings (SSSR count). The molecule has 0 saturated heterocycles.